The van der Waals surface area contributed by atoms with Gasteiger partial charge in [0.15, 0.2) is 11.6 Å². The Labute approximate surface area is 166 Å². The fraction of sp³-hybridized carbons (Fsp3) is 0.190. The van der Waals surface area contributed by atoms with Crippen LogP contribution in [-0.2, 0) is 0 Å². The Kier molecular flexibility index (Phi) is 5.07. The predicted octanol–water partition coefficient (Wildman–Crippen LogP) is 4.25. The first-order valence-corrected chi connectivity index (χ1v) is 9.09. The largest absolute Gasteiger partial charge is 0.492 e. The molecule has 1 unspecified atom stereocenters. The number of carbonyl (C=O) groups excluding carboxylic acids is 1. The Hall–Kier alpha value is -3.55. The zero-order valence-electron chi connectivity index (χ0n) is 15.6. The standard InChI is InChI=1S/C21H18F2N4O2/c1-12-7-9-24-21(25-12)27-18-8-10-29-19-14(18)3-2-4-15(19)20(28)26-13-5-6-16(22)17(23)11-13/h2-7,9,11,18H,8,10H2,1H3,(H,26,28)(H,24,25,27). The molecule has 0 spiro atoms. The highest BCUT2D eigenvalue weighted by Crippen LogP contribution is 2.36. The first-order valence-electron chi connectivity index (χ1n) is 9.09. The first kappa shape index (κ1) is 18.8. The molecule has 2 N–H and O–H groups in total. The molecule has 0 radical (unpaired) electrons. The number of nitrogens with zero attached hydrogens (tertiary/aromatic N) is 2. The quantitative estimate of drug-likeness (QED) is 0.690. The summed E-state index contributed by atoms with van der Waals surface area (Å²) in [5, 5.41) is 5.86. The molecule has 8 heteroatoms. The average Bonchev–Trinajstić information content (AvgIpc) is 2.70. The molecule has 0 saturated carbocycles. The molecule has 0 aliphatic carbocycles. The molecule has 0 fully saturated rings. The number of hydrogen-bond acceptors (Lipinski definition) is 5. The lowest BCUT2D eigenvalue weighted by molar-refractivity contribution is 0.102. The van der Waals surface area contributed by atoms with E-state index in [0.29, 0.717) is 30.3 Å². The molecule has 2 heterocycles. The van der Waals surface area contributed by atoms with Gasteiger partial charge in [0.05, 0.1) is 18.2 Å². The van der Waals surface area contributed by atoms with E-state index in [9.17, 15) is 13.6 Å². The van der Waals surface area contributed by atoms with Gasteiger partial charge in [-0.3, -0.25) is 4.79 Å². The summed E-state index contributed by atoms with van der Waals surface area (Å²) in [5.41, 5.74) is 2.11. The number of para-hydroxylation sites is 1. The van der Waals surface area contributed by atoms with Crippen LogP contribution in [0.2, 0.25) is 0 Å². The molecule has 1 aromatic heterocycles. The molecule has 29 heavy (non-hydrogen) atoms. The lowest BCUT2D eigenvalue weighted by Gasteiger charge is -2.28. The van der Waals surface area contributed by atoms with Crippen molar-refractivity contribution in [2.75, 3.05) is 17.2 Å². The van der Waals surface area contributed by atoms with Gasteiger partial charge in [-0.2, -0.15) is 0 Å². The maximum absolute atomic E-state index is 13.4. The van der Waals surface area contributed by atoms with Crippen LogP contribution in [0.4, 0.5) is 20.4 Å². The smallest absolute Gasteiger partial charge is 0.259 e. The number of rotatable bonds is 4. The Morgan fingerprint density at radius 1 is 1.17 bits per heavy atom. The summed E-state index contributed by atoms with van der Waals surface area (Å²) in [6.45, 7) is 2.29. The van der Waals surface area contributed by atoms with E-state index in [-0.39, 0.29) is 11.7 Å². The minimum atomic E-state index is -1.03. The second-order valence-electron chi connectivity index (χ2n) is 6.66. The first-order chi connectivity index (χ1) is 14.0. The number of aryl methyl sites for hydroxylation is 1. The predicted molar refractivity (Wildman–Crippen MR) is 104 cm³/mol. The van der Waals surface area contributed by atoms with Crippen molar-refractivity contribution in [2.45, 2.75) is 19.4 Å². The van der Waals surface area contributed by atoms with Crippen LogP contribution < -0.4 is 15.4 Å². The number of carbonyl (C=O) groups is 1. The van der Waals surface area contributed by atoms with Crippen molar-refractivity contribution < 1.29 is 18.3 Å². The summed E-state index contributed by atoms with van der Waals surface area (Å²) in [4.78, 5) is 21.3. The molecular weight excluding hydrogens is 378 g/mol. The Bertz CT molecular complexity index is 1070. The number of hydrogen-bond donors (Lipinski definition) is 2. The van der Waals surface area contributed by atoms with E-state index in [0.717, 1.165) is 23.4 Å². The number of ether oxygens (including phenoxy) is 1. The second kappa shape index (κ2) is 7.83. The van der Waals surface area contributed by atoms with Crippen molar-refractivity contribution in [3.63, 3.8) is 0 Å². The highest BCUT2D eigenvalue weighted by Gasteiger charge is 2.26. The van der Waals surface area contributed by atoms with Crippen LogP contribution in [0.5, 0.6) is 5.75 Å². The molecule has 6 nitrogen and oxygen atoms in total. The summed E-state index contributed by atoms with van der Waals surface area (Å²) in [7, 11) is 0. The molecule has 2 aromatic carbocycles. The van der Waals surface area contributed by atoms with Crippen molar-refractivity contribution in [1.29, 1.82) is 0 Å². The summed E-state index contributed by atoms with van der Waals surface area (Å²) >= 11 is 0. The summed E-state index contributed by atoms with van der Waals surface area (Å²) in [6, 6.07) is 10.1. The maximum Gasteiger partial charge on any atom is 0.259 e. The van der Waals surface area contributed by atoms with Gasteiger partial charge >= 0.3 is 0 Å². The summed E-state index contributed by atoms with van der Waals surface area (Å²) in [5.74, 6) is -1.53. The third-order valence-corrected chi connectivity index (χ3v) is 4.59. The van der Waals surface area contributed by atoms with Crippen molar-refractivity contribution in [2.24, 2.45) is 0 Å². The minimum Gasteiger partial charge on any atom is -0.492 e. The molecule has 4 rings (SSSR count). The summed E-state index contributed by atoms with van der Waals surface area (Å²) < 4.78 is 32.3. The van der Waals surface area contributed by atoms with Gasteiger partial charge in [0, 0.05) is 35.6 Å². The van der Waals surface area contributed by atoms with Gasteiger partial charge in [-0.15, -0.1) is 0 Å². The molecule has 0 saturated heterocycles. The van der Waals surface area contributed by atoms with Crippen LogP contribution in [0.1, 0.15) is 34.1 Å². The molecule has 0 bridgehead atoms. The van der Waals surface area contributed by atoms with Crippen molar-refractivity contribution in [3.05, 3.63) is 77.1 Å². The molecular formula is C21H18F2N4O2. The second-order valence-corrected chi connectivity index (χ2v) is 6.66. The van der Waals surface area contributed by atoms with E-state index < -0.39 is 17.5 Å². The van der Waals surface area contributed by atoms with Crippen molar-refractivity contribution in [1.82, 2.24) is 9.97 Å². The van der Waals surface area contributed by atoms with E-state index in [1.165, 1.54) is 6.07 Å². The SMILES string of the molecule is Cc1ccnc(NC2CCOc3c(C(=O)Nc4ccc(F)c(F)c4)cccc32)n1. The third kappa shape index (κ3) is 4.01. The van der Waals surface area contributed by atoms with E-state index >= 15 is 0 Å². The minimum absolute atomic E-state index is 0.128. The van der Waals surface area contributed by atoms with E-state index in [4.69, 9.17) is 4.74 Å². The lowest BCUT2D eigenvalue weighted by Crippen LogP contribution is -2.24. The number of anilines is 2. The molecule has 1 aliphatic heterocycles. The van der Waals surface area contributed by atoms with Gasteiger partial charge in [0.1, 0.15) is 5.75 Å². The van der Waals surface area contributed by atoms with E-state index in [2.05, 4.69) is 20.6 Å². The molecule has 1 atom stereocenters. The third-order valence-electron chi connectivity index (χ3n) is 4.59. The number of nitrogens with one attached hydrogen (secondary N) is 2. The topological polar surface area (TPSA) is 76.1 Å². The van der Waals surface area contributed by atoms with Gasteiger partial charge in [0.25, 0.3) is 5.91 Å². The van der Waals surface area contributed by atoms with Gasteiger partial charge in [-0.1, -0.05) is 12.1 Å². The van der Waals surface area contributed by atoms with Gasteiger partial charge in [-0.05, 0) is 31.2 Å². The number of aromatic nitrogens is 2. The van der Waals surface area contributed by atoms with Gasteiger partial charge in [0.2, 0.25) is 5.95 Å². The highest BCUT2D eigenvalue weighted by molar-refractivity contribution is 6.06. The molecule has 1 aliphatic rings. The number of amides is 1. The average molecular weight is 396 g/mol. The zero-order valence-corrected chi connectivity index (χ0v) is 15.6. The van der Waals surface area contributed by atoms with Crippen LogP contribution in [-0.4, -0.2) is 22.5 Å². The van der Waals surface area contributed by atoms with Crippen molar-refractivity contribution >= 4 is 17.5 Å². The van der Waals surface area contributed by atoms with Crippen molar-refractivity contribution in [3.8, 4) is 5.75 Å². The van der Waals surface area contributed by atoms with Crippen LogP contribution in [0.25, 0.3) is 0 Å². The van der Waals surface area contributed by atoms with Crippen LogP contribution >= 0.6 is 0 Å². The fourth-order valence-electron chi connectivity index (χ4n) is 3.20. The fourth-order valence-corrected chi connectivity index (χ4v) is 3.20. The Morgan fingerprint density at radius 3 is 2.83 bits per heavy atom. The number of benzene rings is 2. The zero-order chi connectivity index (χ0) is 20.4. The molecule has 3 aromatic rings. The number of fused-ring (bicyclic) bond motifs is 1. The van der Waals surface area contributed by atoms with Crippen LogP contribution in [0, 0.1) is 18.6 Å². The van der Waals surface area contributed by atoms with Crippen LogP contribution in [0.15, 0.2) is 48.7 Å². The highest BCUT2D eigenvalue weighted by atomic mass is 19.2. The van der Waals surface area contributed by atoms with Gasteiger partial charge in [-0.25, -0.2) is 18.7 Å². The maximum atomic E-state index is 13.4. The van der Waals surface area contributed by atoms with E-state index in [1.807, 2.05) is 19.1 Å². The normalized spacial score (nSPS) is 15.2. The van der Waals surface area contributed by atoms with Gasteiger partial charge < -0.3 is 15.4 Å². The molecule has 148 valence electrons. The van der Waals surface area contributed by atoms with E-state index in [1.54, 1.807) is 18.3 Å². The lowest BCUT2D eigenvalue weighted by atomic mass is 9.97. The molecule has 1 amide bonds. The van der Waals surface area contributed by atoms with Crippen LogP contribution in [0.3, 0.4) is 0 Å². The Morgan fingerprint density at radius 2 is 2.03 bits per heavy atom. The summed E-state index contributed by atoms with van der Waals surface area (Å²) in [6.07, 6.45) is 2.36. The Balaban J connectivity index is 1.60. The number of halogens is 2. The monoisotopic (exact) mass is 396 g/mol.